The monoisotopic (exact) mass is 461 g/mol. The van der Waals surface area contributed by atoms with Gasteiger partial charge in [-0.1, -0.05) is 17.7 Å². The van der Waals surface area contributed by atoms with Gasteiger partial charge in [-0.15, -0.1) is 0 Å². The molecule has 9 heteroatoms. The summed E-state index contributed by atoms with van der Waals surface area (Å²) in [6, 6.07) is 9.81. The highest BCUT2D eigenvalue weighted by molar-refractivity contribution is 6.46. The number of phenols is 1. The quantitative estimate of drug-likeness (QED) is 0.227. The molecule has 170 valence electrons. The van der Waals surface area contributed by atoms with Crippen molar-refractivity contribution < 1.29 is 34.4 Å². The minimum Gasteiger partial charge on any atom is -0.507 e. The van der Waals surface area contributed by atoms with Crippen molar-refractivity contribution in [2.24, 2.45) is 0 Å². The third kappa shape index (κ3) is 4.88. The standard InChI is InChI=1S/C23H24ClNO7/c1-2-32-18-13-15(5-8-17(18)27)20-19(21(28)14-3-6-16(24)7-4-14)22(29)23(30)25(20)9-11-31-12-10-26/h3-8,13,20,26-28H,2,9-12H2,1H3/b21-19+. The number of rotatable bonds is 9. The summed E-state index contributed by atoms with van der Waals surface area (Å²) >= 11 is 5.92. The molecule has 3 rings (SSSR count). The predicted molar refractivity (Wildman–Crippen MR) is 118 cm³/mol. The van der Waals surface area contributed by atoms with Crippen molar-refractivity contribution >= 4 is 29.1 Å². The average molecular weight is 462 g/mol. The maximum atomic E-state index is 13.0. The fourth-order valence-corrected chi connectivity index (χ4v) is 3.65. The van der Waals surface area contributed by atoms with Crippen LogP contribution in [-0.4, -0.2) is 64.9 Å². The number of phenolic OH excluding ortho intramolecular Hbond substituents is 1. The SMILES string of the molecule is CCOc1cc(C2/C(=C(\O)c3ccc(Cl)cc3)C(=O)C(=O)N2CCOCCO)ccc1O. The van der Waals surface area contributed by atoms with Crippen LogP contribution in [0, 0.1) is 0 Å². The van der Waals surface area contributed by atoms with Crippen molar-refractivity contribution in [3.63, 3.8) is 0 Å². The number of hydrogen-bond acceptors (Lipinski definition) is 7. The van der Waals surface area contributed by atoms with Gasteiger partial charge in [-0.2, -0.15) is 0 Å². The summed E-state index contributed by atoms with van der Waals surface area (Å²) in [5, 5.41) is 30.4. The topological polar surface area (TPSA) is 117 Å². The Morgan fingerprint density at radius 3 is 2.50 bits per heavy atom. The van der Waals surface area contributed by atoms with Gasteiger partial charge < -0.3 is 29.7 Å². The number of aliphatic hydroxyl groups excluding tert-OH is 2. The number of amides is 1. The van der Waals surface area contributed by atoms with Crippen molar-refractivity contribution in [1.29, 1.82) is 0 Å². The van der Waals surface area contributed by atoms with Gasteiger partial charge in [0.05, 0.1) is 38.0 Å². The average Bonchev–Trinajstić information content (AvgIpc) is 3.03. The van der Waals surface area contributed by atoms with Gasteiger partial charge in [-0.25, -0.2) is 0 Å². The minimum absolute atomic E-state index is 0.0531. The Morgan fingerprint density at radius 2 is 1.84 bits per heavy atom. The molecule has 2 aromatic carbocycles. The van der Waals surface area contributed by atoms with Crippen molar-refractivity contribution in [3.8, 4) is 11.5 Å². The molecular formula is C23H24ClNO7. The summed E-state index contributed by atoms with van der Waals surface area (Å²) < 4.78 is 10.7. The zero-order valence-corrected chi connectivity index (χ0v) is 18.2. The number of benzene rings is 2. The molecular weight excluding hydrogens is 438 g/mol. The van der Waals surface area contributed by atoms with E-state index in [1.165, 1.54) is 17.0 Å². The van der Waals surface area contributed by atoms with Gasteiger partial charge in [-0.05, 0) is 48.9 Å². The number of halogens is 1. The lowest BCUT2D eigenvalue weighted by molar-refractivity contribution is -0.140. The van der Waals surface area contributed by atoms with Crippen LogP contribution in [0.4, 0.5) is 0 Å². The second-order valence-electron chi connectivity index (χ2n) is 7.00. The van der Waals surface area contributed by atoms with Crippen LogP contribution in [0.3, 0.4) is 0 Å². The number of nitrogens with zero attached hydrogens (tertiary/aromatic N) is 1. The molecule has 0 saturated carbocycles. The number of ether oxygens (including phenoxy) is 2. The van der Waals surface area contributed by atoms with Crippen molar-refractivity contribution in [1.82, 2.24) is 4.90 Å². The first-order chi connectivity index (χ1) is 15.4. The highest BCUT2D eigenvalue weighted by atomic mass is 35.5. The fourth-order valence-electron chi connectivity index (χ4n) is 3.52. The molecule has 1 amide bonds. The summed E-state index contributed by atoms with van der Waals surface area (Å²) in [5.41, 5.74) is 0.716. The molecule has 8 nitrogen and oxygen atoms in total. The first-order valence-electron chi connectivity index (χ1n) is 10.1. The lowest BCUT2D eigenvalue weighted by Crippen LogP contribution is -2.33. The molecule has 1 aliphatic rings. The smallest absolute Gasteiger partial charge is 0.295 e. The normalized spacial score (nSPS) is 17.7. The number of carbonyl (C=O) groups excluding carboxylic acids is 2. The summed E-state index contributed by atoms with van der Waals surface area (Å²) in [5.74, 6) is -1.86. The maximum Gasteiger partial charge on any atom is 0.295 e. The molecule has 1 aliphatic heterocycles. The van der Waals surface area contributed by atoms with E-state index in [9.17, 15) is 19.8 Å². The molecule has 3 N–H and O–H groups in total. The van der Waals surface area contributed by atoms with E-state index in [4.69, 9.17) is 26.2 Å². The van der Waals surface area contributed by atoms with Gasteiger partial charge in [0.2, 0.25) is 0 Å². The van der Waals surface area contributed by atoms with E-state index in [2.05, 4.69) is 0 Å². The molecule has 1 fully saturated rings. The van der Waals surface area contributed by atoms with Crippen LogP contribution in [0.15, 0.2) is 48.0 Å². The molecule has 1 saturated heterocycles. The Morgan fingerprint density at radius 1 is 1.12 bits per heavy atom. The van der Waals surface area contributed by atoms with Gasteiger partial charge >= 0.3 is 0 Å². The number of carbonyl (C=O) groups is 2. The van der Waals surface area contributed by atoms with Crippen LogP contribution < -0.4 is 4.74 Å². The summed E-state index contributed by atoms with van der Waals surface area (Å²) in [7, 11) is 0. The molecule has 1 unspecified atom stereocenters. The molecule has 0 radical (unpaired) electrons. The first kappa shape index (κ1) is 23.6. The lowest BCUT2D eigenvalue weighted by atomic mass is 9.95. The maximum absolute atomic E-state index is 13.0. The number of ketones is 1. The highest BCUT2D eigenvalue weighted by Gasteiger charge is 2.46. The van der Waals surface area contributed by atoms with Gasteiger partial charge in [0.15, 0.2) is 11.5 Å². The Hall–Kier alpha value is -3.07. The number of aliphatic hydroxyl groups is 2. The van der Waals surface area contributed by atoms with Crippen molar-refractivity contribution in [2.45, 2.75) is 13.0 Å². The van der Waals surface area contributed by atoms with E-state index in [0.717, 1.165) is 0 Å². The zero-order chi connectivity index (χ0) is 23.3. The molecule has 32 heavy (non-hydrogen) atoms. The summed E-state index contributed by atoms with van der Waals surface area (Å²) in [6.07, 6.45) is 0. The molecule has 2 aromatic rings. The third-order valence-electron chi connectivity index (χ3n) is 4.97. The van der Waals surface area contributed by atoms with Gasteiger partial charge in [0.25, 0.3) is 11.7 Å². The zero-order valence-electron chi connectivity index (χ0n) is 17.5. The Kier molecular flexibility index (Phi) is 7.74. The second kappa shape index (κ2) is 10.5. The van der Waals surface area contributed by atoms with Gasteiger partial charge in [0.1, 0.15) is 5.76 Å². The molecule has 1 heterocycles. The van der Waals surface area contributed by atoms with Crippen molar-refractivity contribution in [2.75, 3.05) is 33.0 Å². The van der Waals surface area contributed by atoms with E-state index in [-0.39, 0.29) is 49.2 Å². The van der Waals surface area contributed by atoms with Crippen molar-refractivity contribution in [3.05, 3.63) is 64.2 Å². The Labute approximate surface area is 190 Å². The molecule has 0 aliphatic carbocycles. The van der Waals surface area contributed by atoms with E-state index in [0.29, 0.717) is 22.8 Å². The van der Waals surface area contributed by atoms with E-state index in [1.54, 1.807) is 37.3 Å². The fraction of sp³-hybridized carbons (Fsp3) is 0.304. The van der Waals surface area contributed by atoms with Crippen LogP contribution in [-0.2, 0) is 14.3 Å². The van der Waals surface area contributed by atoms with E-state index in [1.807, 2.05) is 0 Å². The van der Waals surface area contributed by atoms with E-state index < -0.39 is 17.7 Å². The third-order valence-corrected chi connectivity index (χ3v) is 5.22. The number of aromatic hydroxyl groups is 1. The molecule has 0 aromatic heterocycles. The van der Waals surface area contributed by atoms with Crippen LogP contribution >= 0.6 is 11.6 Å². The summed E-state index contributed by atoms with van der Waals surface area (Å²) in [4.78, 5) is 27.1. The van der Waals surface area contributed by atoms with Crippen LogP contribution in [0.5, 0.6) is 11.5 Å². The Balaban J connectivity index is 2.10. The summed E-state index contributed by atoms with van der Waals surface area (Å²) in [6.45, 7) is 2.12. The predicted octanol–water partition coefficient (Wildman–Crippen LogP) is 2.87. The number of Topliss-reactive ketones (excluding diaryl/α,β-unsaturated/α-hetero) is 1. The van der Waals surface area contributed by atoms with Gasteiger partial charge in [-0.3, -0.25) is 9.59 Å². The van der Waals surface area contributed by atoms with Gasteiger partial charge in [0, 0.05) is 17.1 Å². The Bertz CT molecular complexity index is 1020. The molecule has 0 bridgehead atoms. The largest absolute Gasteiger partial charge is 0.507 e. The van der Waals surface area contributed by atoms with E-state index >= 15 is 0 Å². The number of hydrogen-bond donors (Lipinski definition) is 3. The highest BCUT2D eigenvalue weighted by Crippen LogP contribution is 2.41. The first-order valence-corrected chi connectivity index (χ1v) is 10.5. The minimum atomic E-state index is -0.928. The lowest BCUT2D eigenvalue weighted by Gasteiger charge is -2.25. The van der Waals surface area contributed by atoms with Crippen LogP contribution in [0.2, 0.25) is 5.02 Å². The second-order valence-corrected chi connectivity index (χ2v) is 7.43. The van der Waals surface area contributed by atoms with Crippen LogP contribution in [0.1, 0.15) is 24.1 Å². The molecule has 1 atom stereocenters. The van der Waals surface area contributed by atoms with Crippen LogP contribution in [0.25, 0.3) is 5.76 Å². The number of likely N-dealkylation sites (tertiary alicyclic amines) is 1. The molecule has 0 spiro atoms.